The Kier molecular flexibility index (Phi) is 2.84. The highest BCUT2D eigenvalue weighted by Crippen LogP contribution is 2.52. The molecule has 4 unspecified atom stereocenters. The van der Waals surface area contributed by atoms with Crippen LogP contribution >= 0.6 is 0 Å². The van der Waals surface area contributed by atoms with E-state index < -0.39 is 0 Å². The lowest BCUT2D eigenvalue weighted by Crippen LogP contribution is -2.32. The van der Waals surface area contributed by atoms with Gasteiger partial charge in [0.15, 0.2) is 0 Å². The number of aromatic nitrogens is 1. The summed E-state index contributed by atoms with van der Waals surface area (Å²) in [6.45, 7) is 2.18. The van der Waals surface area contributed by atoms with E-state index in [1.165, 1.54) is 25.7 Å². The van der Waals surface area contributed by atoms with Gasteiger partial charge in [0.05, 0.1) is 0 Å². The number of nitrogens with zero attached hydrogens (tertiary/aromatic N) is 1. The van der Waals surface area contributed by atoms with Crippen molar-refractivity contribution in [2.45, 2.75) is 38.6 Å². The van der Waals surface area contributed by atoms with Crippen molar-refractivity contribution in [1.29, 1.82) is 0 Å². The maximum Gasteiger partial charge on any atom is 0.260 e. The highest BCUT2D eigenvalue weighted by molar-refractivity contribution is 5.83. The Labute approximate surface area is 124 Å². The molecule has 3 nitrogen and oxygen atoms in total. The molecule has 2 bridgehead atoms. The number of benzene rings is 1. The monoisotopic (exact) mass is 282 g/mol. The quantitative estimate of drug-likeness (QED) is 0.915. The average Bonchev–Trinajstić information content (AvgIpc) is 3.10. The van der Waals surface area contributed by atoms with E-state index in [2.05, 4.69) is 6.92 Å². The van der Waals surface area contributed by atoms with Crippen molar-refractivity contribution < 1.29 is 0 Å². The third kappa shape index (κ3) is 1.90. The van der Waals surface area contributed by atoms with Crippen LogP contribution in [0.4, 0.5) is 5.82 Å². The molecule has 110 valence electrons. The molecule has 2 N–H and O–H groups in total. The normalized spacial score (nSPS) is 29.1. The summed E-state index contributed by atoms with van der Waals surface area (Å²) in [5, 5.41) is 1.72. The lowest BCUT2D eigenvalue weighted by molar-refractivity contribution is 0.241. The minimum absolute atomic E-state index is 0.0703. The van der Waals surface area contributed by atoms with Gasteiger partial charge in [0.25, 0.3) is 5.56 Å². The largest absolute Gasteiger partial charge is 0.385 e. The SMILES string of the molecule is CC(C1CC2CCC1C2)n1c(N)cc2ccccc2c1=O. The van der Waals surface area contributed by atoms with Crippen molar-refractivity contribution in [3.05, 3.63) is 40.7 Å². The minimum Gasteiger partial charge on any atom is -0.385 e. The zero-order chi connectivity index (χ0) is 14.6. The Morgan fingerprint density at radius 1 is 1.24 bits per heavy atom. The van der Waals surface area contributed by atoms with Gasteiger partial charge in [0.2, 0.25) is 0 Å². The van der Waals surface area contributed by atoms with E-state index in [0.717, 1.165) is 22.6 Å². The first kappa shape index (κ1) is 12.9. The van der Waals surface area contributed by atoms with Gasteiger partial charge in [-0.2, -0.15) is 0 Å². The third-order valence-electron chi connectivity index (χ3n) is 5.81. The Morgan fingerprint density at radius 3 is 2.76 bits per heavy atom. The van der Waals surface area contributed by atoms with Crippen LogP contribution in [-0.4, -0.2) is 4.57 Å². The molecule has 2 fully saturated rings. The number of nitrogens with two attached hydrogens (primary N) is 1. The van der Waals surface area contributed by atoms with Crippen molar-refractivity contribution in [1.82, 2.24) is 4.57 Å². The first-order valence-electron chi connectivity index (χ1n) is 8.05. The predicted octanol–water partition coefficient (Wildman–Crippen LogP) is 3.58. The first-order valence-corrected chi connectivity index (χ1v) is 8.05. The van der Waals surface area contributed by atoms with Crippen LogP contribution in [0.15, 0.2) is 35.1 Å². The van der Waals surface area contributed by atoms with Crippen LogP contribution in [-0.2, 0) is 0 Å². The molecule has 2 aliphatic carbocycles. The molecule has 1 aromatic carbocycles. The van der Waals surface area contributed by atoms with Crippen molar-refractivity contribution in [3.63, 3.8) is 0 Å². The maximum absolute atomic E-state index is 12.8. The highest BCUT2D eigenvalue weighted by atomic mass is 16.1. The number of fused-ring (bicyclic) bond motifs is 3. The van der Waals surface area contributed by atoms with Gasteiger partial charge in [-0.25, -0.2) is 0 Å². The molecule has 0 amide bonds. The summed E-state index contributed by atoms with van der Waals surface area (Å²) in [5.41, 5.74) is 6.29. The van der Waals surface area contributed by atoms with Crippen molar-refractivity contribution in [3.8, 4) is 0 Å². The number of hydrogen-bond donors (Lipinski definition) is 1. The zero-order valence-corrected chi connectivity index (χ0v) is 12.5. The fourth-order valence-corrected chi connectivity index (χ4v) is 4.79. The number of pyridine rings is 1. The van der Waals surface area contributed by atoms with Crippen LogP contribution in [0.25, 0.3) is 10.8 Å². The molecule has 0 radical (unpaired) electrons. The molecule has 4 atom stereocenters. The molecule has 4 rings (SSSR count). The summed E-state index contributed by atoms with van der Waals surface area (Å²) in [4.78, 5) is 12.8. The van der Waals surface area contributed by atoms with Crippen LogP contribution in [0, 0.1) is 17.8 Å². The van der Waals surface area contributed by atoms with Crippen LogP contribution in [0.1, 0.15) is 38.6 Å². The van der Waals surface area contributed by atoms with Crippen LogP contribution in [0.2, 0.25) is 0 Å². The molecule has 3 heteroatoms. The van der Waals surface area contributed by atoms with Gasteiger partial charge in [-0.15, -0.1) is 0 Å². The van der Waals surface area contributed by atoms with Gasteiger partial charge in [-0.05, 0) is 61.5 Å². The second-order valence-electron chi connectivity index (χ2n) is 6.91. The Bertz CT molecular complexity index is 748. The fourth-order valence-electron chi connectivity index (χ4n) is 4.79. The summed E-state index contributed by atoms with van der Waals surface area (Å²) < 4.78 is 1.84. The molecule has 0 aliphatic heterocycles. The van der Waals surface area contributed by atoms with Crippen LogP contribution in [0.5, 0.6) is 0 Å². The molecule has 1 heterocycles. The lowest BCUT2D eigenvalue weighted by atomic mass is 9.83. The first-order chi connectivity index (χ1) is 10.1. The molecule has 2 aliphatic rings. The topological polar surface area (TPSA) is 48.0 Å². The summed E-state index contributed by atoms with van der Waals surface area (Å²) in [7, 11) is 0. The Hall–Kier alpha value is -1.77. The van der Waals surface area contributed by atoms with Gasteiger partial charge < -0.3 is 5.73 Å². The summed E-state index contributed by atoms with van der Waals surface area (Å²) in [6.07, 6.45) is 5.35. The predicted molar refractivity (Wildman–Crippen MR) is 86.3 cm³/mol. The molecular weight excluding hydrogens is 260 g/mol. The number of anilines is 1. The van der Waals surface area contributed by atoms with Crippen LogP contribution < -0.4 is 11.3 Å². The third-order valence-corrected chi connectivity index (χ3v) is 5.81. The Morgan fingerprint density at radius 2 is 2.05 bits per heavy atom. The molecule has 21 heavy (non-hydrogen) atoms. The summed E-state index contributed by atoms with van der Waals surface area (Å²) >= 11 is 0. The van der Waals surface area contributed by atoms with Crippen molar-refractivity contribution in [2.24, 2.45) is 17.8 Å². The highest BCUT2D eigenvalue weighted by Gasteiger charge is 2.42. The van der Waals surface area contributed by atoms with E-state index in [4.69, 9.17) is 5.73 Å². The smallest absolute Gasteiger partial charge is 0.260 e. The number of nitrogen functional groups attached to an aromatic ring is 1. The van der Waals surface area contributed by atoms with Crippen molar-refractivity contribution >= 4 is 16.6 Å². The Balaban J connectivity index is 1.81. The van der Waals surface area contributed by atoms with E-state index in [0.29, 0.717) is 11.7 Å². The van der Waals surface area contributed by atoms with Gasteiger partial charge in [-0.3, -0.25) is 9.36 Å². The van der Waals surface area contributed by atoms with Crippen LogP contribution in [0.3, 0.4) is 0 Å². The molecule has 0 saturated heterocycles. The standard InChI is InChI=1S/C18H22N2O/c1-11(16-9-12-6-7-14(16)8-12)20-17(19)10-13-4-2-3-5-15(13)18(20)21/h2-5,10-12,14,16H,6-9,19H2,1H3. The number of hydrogen-bond acceptors (Lipinski definition) is 2. The second-order valence-corrected chi connectivity index (χ2v) is 6.91. The molecule has 1 aromatic heterocycles. The molecular formula is C18H22N2O. The average molecular weight is 282 g/mol. The minimum atomic E-state index is 0.0703. The fraction of sp³-hybridized carbons (Fsp3) is 0.500. The van der Waals surface area contributed by atoms with Gasteiger partial charge in [-0.1, -0.05) is 24.6 Å². The second kappa shape index (κ2) is 4.62. The lowest BCUT2D eigenvalue weighted by Gasteiger charge is -2.30. The van der Waals surface area contributed by atoms with Gasteiger partial charge in [0, 0.05) is 11.4 Å². The van der Waals surface area contributed by atoms with E-state index in [-0.39, 0.29) is 11.6 Å². The van der Waals surface area contributed by atoms with E-state index in [1.54, 1.807) is 0 Å². The van der Waals surface area contributed by atoms with E-state index in [1.807, 2.05) is 34.9 Å². The van der Waals surface area contributed by atoms with Gasteiger partial charge >= 0.3 is 0 Å². The molecule has 2 saturated carbocycles. The molecule has 2 aromatic rings. The maximum atomic E-state index is 12.8. The number of rotatable bonds is 2. The summed E-state index contributed by atoms with van der Waals surface area (Å²) in [6, 6.07) is 9.89. The summed E-state index contributed by atoms with van der Waals surface area (Å²) in [5.74, 6) is 2.90. The zero-order valence-electron chi connectivity index (χ0n) is 12.5. The van der Waals surface area contributed by atoms with Crippen molar-refractivity contribution in [2.75, 3.05) is 5.73 Å². The van der Waals surface area contributed by atoms with Gasteiger partial charge in [0.1, 0.15) is 5.82 Å². The molecule has 0 spiro atoms. The van der Waals surface area contributed by atoms with E-state index in [9.17, 15) is 4.79 Å². The van der Waals surface area contributed by atoms with E-state index >= 15 is 0 Å².